The Morgan fingerprint density at radius 1 is 1.07 bits per heavy atom. The molecule has 0 saturated carbocycles. The number of ether oxygens (including phenoxy) is 1. The van der Waals surface area contributed by atoms with Gasteiger partial charge >= 0.3 is 5.97 Å². The summed E-state index contributed by atoms with van der Waals surface area (Å²) in [6, 6.07) is 9.45. The molecule has 0 aromatic heterocycles. The summed E-state index contributed by atoms with van der Waals surface area (Å²) in [6.07, 6.45) is 2.23. The molecule has 0 aliphatic rings. The van der Waals surface area contributed by atoms with Crippen LogP contribution in [-0.4, -0.2) is 28.3 Å². The first kappa shape index (κ1) is 20.5. The van der Waals surface area contributed by atoms with Gasteiger partial charge < -0.3 is 10.1 Å². The average molecular weight is 406 g/mol. The lowest BCUT2D eigenvalue weighted by Crippen LogP contribution is -2.20. The van der Waals surface area contributed by atoms with Crippen LogP contribution in [0.1, 0.15) is 5.56 Å². The summed E-state index contributed by atoms with van der Waals surface area (Å²) < 4.78 is 4.73. The quantitative estimate of drug-likeness (QED) is 0.322. The van der Waals surface area contributed by atoms with Crippen molar-refractivity contribution in [3.05, 3.63) is 79.4 Å². The van der Waals surface area contributed by atoms with Crippen molar-refractivity contribution in [1.82, 2.24) is 0 Å². The minimum Gasteiger partial charge on any atom is -0.452 e. The second kappa shape index (κ2) is 9.24. The smallest absolute Gasteiger partial charge is 0.331 e. The van der Waals surface area contributed by atoms with E-state index in [2.05, 4.69) is 5.32 Å². The Morgan fingerprint density at radius 2 is 1.75 bits per heavy atom. The van der Waals surface area contributed by atoms with E-state index in [-0.39, 0.29) is 22.1 Å². The predicted molar refractivity (Wildman–Crippen MR) is 99.8 cm³/mol. The fraction of sp³-hybridized carbons (Fsp3) is 0.0588. The topological polar surface area (TPSA) is 142 Å². The average Bonchev–Trinajstić information content (AvgIpc) is 2.65. The lowest BCUT2D eigenvalue weighted by atomic mass is 10.2. The number of nitro benzene ring substituents is 2. The van der Waals surface area contributed by atoms with Crippen molar-refractivity contribution in [2.24, 2.45) is 0 Å². The van der Waals surface area contributed by atoms with Crippen molar-refractivity contribution < 1.29 is 24.2 Å². The summed E-state index contributed by atoms with van der Waals surface area (Å²) in [5.41, 5.74) is -0.317. The number of para-hydroxylation sites is 2. The predicted octanol–water partition coefficient (Wildman–Crippen LogP) is 3.35. The summed E-state index contributed by atoms with van der Waals surface area (Å²) in [6.45, 7) is -0.671. The van der Waals surface area contributed by atoms with Gasteiger partial charge in [-0.1, -0.05) is 29.8 Å². The number of carbonyl (C=O) groups is 2. The third-order valence-electron chi connectivity index (χ3n) is 3.30. The molecule has 0 unspecified atom stereocenters. The van der Waals surface area contributed by atoms with Gasteiger partial charge in [0.25, 0.3) is 17.3 Å². The van der Waals surface area contributed by atoms with Gasteiger partial charge in [-0.25, -0.2) is 4.79 Å². The Balaban J connectivity index is 1.93. The van der Waals surface area contributed by atoms with Crippen LogP contribution < -0.4 is 5.32 Å². The van der Waals surface area contributed by atoms with E-state index >= 15 is 0 Å². The van der Waals surface area contributed by atoms with Crippen molar-refractivity contribution in [3.8, 4) is 0 Å². The third kappa shape index (κ3) is 5.61. The molecule has 0 atom stereocenters. The van der Waals surface area contributed by atoms with Crippen LogP contribution in [0.25, 0.3) is 6.08 Å². The van der Waals surface area contributed by atoms with Crippen molar-refractivity contribution >= 4 is 46.6 Å². The zero-order valence-electron chi connectivity index (χ0n) is 14.0. The summed E-state index contributed by atoms with van der Waals surface area (Å²) in [4.78, 5) is 43.9. The highest BCUT2D eigenvalue weighted by molar-refractivity contribution is 6.32. The van der Waals surface area contributed by atoms with Gasteiger partial charge in [-0.2, -0.15) is 0 Å². The second-order valence-electron chi connectivity index (χ2n) is 5.23. The van der Waals surface area contributed by atoms with Crippen LogP contribution in [0, 0.1) is 20.2 Å². The normalized spacial score (nSPS) is 10.5. The molecule has 1 N–H and O–H groups in total. The number of nitrogens with zero attached hydrogens (tertiary/aromatic N) is 2. The molecule has 0 heterocycles. The highest BCUT2D eigenvalue weighted by Gasteiger charge is 2.15. The van der Waals surface area contributed by atoms with Crippen molar-refractivity contribution in [2.75, 3.05) is 11.9 Å². The number of anilines is 1. The summed E-state index contributed by atoms with van der Waals surface area (Å²) in [7, 11) is 0. The van der Waals surface area contributed by atoms with Crippen LogP contribution in [-0.2, 0) is 14.3 Å². The molecule has 0 aliphatic carbocycles. The maximum Gasteiger partial charge on any atom is 0.331 e. The van der Waals surface area contributed by atoms with E-state index in [0.717, 1.165) is 6.08 Å². The van der Waals surface area contributed by atoms with Gasteiger partial charge in [-0.15, -0.1) is 0 Å². The maximum atomic E-state index is 11.8. The highest BCUT2D eigenvalue weighted by atomic mass is 35.5. The lowest BCUT2D eigenvalue weighted by Gasteiger charge is -2.05. The zero-order chi connectivity index (χ0) is 20.7. The molecule has 0 fully saturated rings. The first-order chi connectivity index (χ1) is 13.3. The number of benzene rings is 2. The molecule has 11 heteroatoms. The molecular weight excluding hydrogens is 394 g/mol. The second-order valence-corrected chi connectivity index (χ2v) is 5.64. The molecule has 0 spiro atoms. The molecule has 2 aromatic rings. The van der Waals surface area contributed by atoms with E-state index in [1.807, 2.05) is 0 Å². The van der Waals surface area contributed by atoms with Gasteiger partial charge in [0.2, 0.25) is 0 Å². The van der Waals surface area contributed by atoms with E-state index in [0.29, 0.717) is 5.56 Å². The SMILES string of the molecule is O=C(COC(=O)/C=C/c1ccc(Cl)c([N+](=O)[O-])c1)Nc1ccccc1[N+](=O)[O-]. The van der Waals surface area contributed by atoms with Crippen LogP contribution in [0.5, 0.6) is 0 Å². The summed E-state index contributed by atoms with van der Waals surface area (Å²) in [5.74, 6) is -1.64. The van der Waals surface area contributed by atoms with Crippen molar-refractivity contribution in [3.63, 3.8) is 0 Å². The molecule has 28 heavy (non-hydrogen) atoms. The van der Waals surface area contributed by atoms with Gasteiger partial charge in [0.05, 0.1) is 9.85 Å². The van der Waals surface area contributed by atoms with Crippen LogP contribution in [0.4, 0.5) is 17.1 Å². The first-order valence-corrected chi connectivity index (χ1v) is 7.98. The number of hydrogen-bond acceptors (Lipinski definition) is 7. The number of hydrogen-bond donors (Lipinski definition) is 1. The van der Waals surface area contributed by atoms with Gasteiger partial charge in [0, 0.05) is 18.2 Å². The number of halogens is 1. The fourth-order valence-electron chi connectivity index (χ4n) is 2.05. The minimum atomic E-state index is -0.879. The van der Waals surface area contributed by atoms with Crippen LogP contribution >= 0.6 is 11.6 Å². The summed E-state index contributed by atoms with van der Waals surface area (Å²) in [5, 5.41) is 23.9. The molecule has 0 aliphatic heterocycles. The Labute approximate surface area is 162 Å². The van der Waals surface area contributed by atoms with Crippen LogP contribution in [0.2, 0.25) is 5.02 Å². The van der Waals surface area contributed by atoms with E-state index in [4.69, 9.17) is 16.3 Å². The van der Waals surface area contributed by atoms with E-state index < -0.39 is 28.3 Å². The Morgan fingerprint density at radius 3 is 2.43 bits per heavy atom. The van der Waals surface area contributed by atoms with Gasteiger partial charge in [-0.3, -0.25) is 25.0 Å². The zero-order valence-corrected chi connectivity index (χ0v) is 14.8. The molecule has 2 aromatic carbocycles. The molecule has 0 saturated heterocycles. The number of carbonyl (C=O) groups excluding carboxylic acids is 2. The largest absolute Gasteiger partial charge is 0.452 e. The maximum absolute atomic E-state index is 11.8. The molecule has 0 radical (unpaired) electrons. The number of rotatable bonds is 7. The number of amides is 1. The molecule has 2 rings (SSSR count). The van der Waals surface area contributed by atoms with Gasteiger partial charge in [-0.05, 0) is 23.8 Å². The van der Waals surface area contributed by atoms with E-state index in [9.17, 15) is 29.8 Å². The van der Waals surface area contributed by atoms with Gasteiger partial charge in [0.15, 0.2) is 6.61 Å². The van der Waals surface area contributed by atoms with Crippen molar-refractivity contribution in [1.29, 1.82) is 0 Å². The highest BCUT2D eigenvalue weighted by Crippen LogP contribution is 2.25. The van der Waals surface area contributed by atoms with Crippen LogP contribution in [0.3, 0.4) is 0 Å². The standard InChI is InChI=1S/C17H12ClN3O7/c18-12-7-5-11(9-15(12)21(26)27)6-8-17(23)28-10-16(22)19-13-3-1-2-4-14(13)20(24)25/h1-9H,10H2,(H,19,22)/b8-6+. The number of nitrogens with one attached hydrogen (secondary N) is 1. The number of nitro groups is 2. The lowest BCUT2D eigenvalue weighted by molar-refractivity contribution is -0.384. The Kier molecular flexibility index (Phi) is 6.77. The van der Waals surface area contributed by atoms with Gasteiger partial charge in [0.1, 0.15) is 10.7 Å². The molecule has 0 bridgehead atoms. The minimum absolute atomic E-state index is 0.0300. The van der Waals surface area contributed by atoms with E-state index in [1.165, 1.54) is 48.5 Å². The number of esters is 1. The molecule has 1 amide bonds. The van der Waals surface area contributed by atoms with Crippen LogP contribution in [0.15, 0.2) is 48.5 Å². The van der Waals surface area contributed by atoms with Crippen molar-refractivity contribution in [2.45, 2.75) is 0 Å². The van der Waals surface area contributed by atoms with E-state index in [1.54, 1.807) is 0 Å². The monoisotopic (exact) mass is 405 g/mol. The third-order valence-corrected chi connectivity index (χ3v) is 3.62. The molecule has 10 nitrogen and oxygen atoms in total. The summed E-state index contributed by atoms with van der Waals surface area (Å²) >= 11 is 5.69. The Bertz CT molecular complexity index is 975. The Hall–Kier alpha value is -3.79. The first-order valence-electron chi connectivity index (χ1n) is 7.60. The molecular formula is C17H12ClN3O7. The molecule has 144 valence electrons. The fourth-order valence-corrected chi connectivity index (χ4v) is 2.23.